The Kier molecular flexibility index (Phi) is 7.16. The number of rotatable bonds is 4. The number of nitrogens with one attached hydrogen (secondary N) is 1. The fourth-order valence-corrected chi connectivity index (χ4v) is 4.67. The third kappa shape index (κ3) is 4.60. The Labute approximate surface area is 187 Å². The van der Waals surface area contributed by atoms with Crippen LogP contribution in [0.4, 0.5) is 0 Å². The van der Waals surface area contributed by atoms with Gasteiger partial charge in [0.2, 0.25) is 0 Å². The van der Waals surface area contributed by atoms with Crippen LogP contribution in [-0.4, -0.2) is 56.3 Å². The molecule has 2 aliphatic heterocycles. The molecule has 3 heterocycles. The predicted octanol–water partition coefficient (Wildman–Crippen LogP) is 3.62. The van der Waals surface area contributed by atoms with E-state index in [1.807, 2.05) is 31.3 Å². The first-order valence-corrected chi connectivity index (χ1v) is 10.2. The van der Waals surface area contributed by atoms with E-state index in [0.29, 0.717) is 12.0 Å². The molecule has 0 aliphatic carbocycles. The van der Waals surface area contributed by atoms with E-state index in [-0.39, 0.29) is 24.0 Å². The lowest BCUT2D eigenvalue weighted by Crippen LogP contribution is -2.41. The quantitative estimate of drug-likeness (QED) is 0.384. The highest BCUT2D eigenvalue weighted by Gasteiger charge is 2.42. The zero-order valence-electron chi connectivity index (χ0n) is 16.3. The van der Waals surface area contributed by atoms with Gasteiger partial charge in [-0.2, -0.15) is 0 Å². The van der Waals surface area contributed by atoms with E-state index < -0.39 is 0 Å². The summed E-state index contributed by atoms with van der Waals surface area (Å²) in [6.45, 7) is 4.53. The molecule has 4 rings (SSSR count). The van der Waals surface area contributed by atoms with E-state index in [1.54, 1.807) is 18.4 Å². The molecule has 1 spiro atoms. The number of aromatic nitrogens is 1. The monoisotopic (exact) mass is 514 g/mol. The molecule has 1 N–H and O–H groups in total. The number of likely N-dealkylation sites (tertiary alicyclic amines) is 1. The van der Waals surface area contributed by atoms with Gasteiger partial charge in [0.1, 0.15) is 10.8 Å². The number of ether oxygens (including phenoxy) is 2. The van der Waals surface area contributed by atoms with Crippen LogP contribution in [0, 0.1) is 5.41 Å². The molecule has 152 valence electrons. The summed E-state index contributed by atoms with van der Waals surface area (Å²) in [5.74, 6) is 1.81. The second-order valence-corrected chi connectivity index (χ2v) is 8.11. The predicted molar refractivity (Wildman–Crippen MR) is 124 cm³/mol. The highest BCUT2D eigenvalue weighted by atomic mass is 127. The summed E-state index contributed by atoms with van der Waals surface area (Å²) < 4.78 is 10.8. The van der Waals surface area contributed by atoms with Gasteiger partial charge in [0.25, 0.3) is 0 Å². The number of nitrogens with zero attached hydrogens (tertiary/aromatic N) is 3. The van der Waals surface area contributed by atoms with Crippen LogP contribution in [0.5, 0.6) is 5.75 Å². The summed E-state index contributed by atoms with van der Waals surface area (Å²) in [4.78, 5) is 11.6. The van der Waals surface area contributed by atoms with Crippen molar-refractivity contribution in [3.8, 4) is 16.3 Å². The van der Waals surface area contributed by atoms with Gasteiger partial charge >= 0.3 is 0 Å². The van der Waals surface area contributed by atoms with Crippen molar-refractivity contribution in [1.82, 2.24) is 15.2 Å². The van der Waals surface area contributed by atoms with Crippen LogP contribution in [0.2, 0.25) is 0 Å². The first kappa shape index (κ1) is 21.3. The van der Waals surface area contributed by atoms with Crippen molar-refractivity contribution in [3.05, 3.63) is 35.3 Å². The van der Waals surface area contributed by atoms with Gasteiger partial charge in [0.05, 0.1) is 26.0 Å². The van der Waals surface area contributed by atoms with Gasteiger partial charge in [-0.1, -0.05) is 0 Å². The van der Waals surface area contributed by atoms with Crippen molar-refractivity contribution < 1.29 is 9.47 Å². The molecule has 28 heavy (non-hydrogen) atoms. The lowest BCUT2D eigenvalue weighted by molar-refractivity contribution is 0.156. The number of halogens is 1. The molecule has 1 aromatic carbocycles. The molecule has 0 amide bonds. The normalized spacial score (nSPS) is 21.8. The zero-order chi connectivity index (χ0) is 18.7. The molecule has 2 saturated heterocycles. The van der Waals surface area contributed by atoms with Crippen LogP contribution in [-0.2, 0) is 11.3 Å². The Morgan fingerprint density at radius 2 is 2.18 bits per heavy atom. The molecule has 1 atom stereocenters. The maximum Gasteiger partial charge on any atom is 0.193 e. The van der Waals surface area contributed by atoms with Crippen LogP contribution >= 0.6 is 35.3 Å². The third-order valence-electron chi connectivity index (χ3n) is 5.45. The molecule has 8 heteroatoms. The van der Waals surface area contributed by atoms with E-state index in [2.05, 4.69) is 20.6 Å². The number of guanidine groups is 1. The molecule has 2 fully saturated rings. The van der Waals surface area contributed by atoms with Gasteiger partial charge < -0.3 is 19.7 Å². The first-order chi connectivity index (χ1) is 13.2. The molecule has 1 aromatic heterocycles. The summed E-state index contributed by atoms with van der Waals surface area (Å²) in [5.41, 5.74) is 2.48. The smallest absolute Gasteiger partial charge is 0.193 e. The molecule has 6 nitrogen and oxygen atoms in total. The Hall–Kier alpha value is -1.39. The molecular weight excluding hydrogens is 487 g/mol. The topological polar surface area (TPSA) is 59.0 Å². The van der Waals surface area contributed by atoms with Gasteiger partial charge in [0.15, 0.2) is 5.96 Å². The number of thiazole rings is 1. The molecule has 2 aromatic rings. The fourth-order valence-electron chi connectivity index (χ4n) is 3.84. The highest BCUT2D eigenvalue weighted by molar-refractivity contribution is 14.0. The molecule has 0 radical (unpaired) electrons. The maximum atomic E-state index is 5.63. The maximum absolute atomic E-state index is 5.63. The summed E-state index contributed by atoms with van der Waals surface area (Å²) in [5, 5.41) is 6.60. The summed E-state index contributed by atoms with van der Waals surface area (Å²) in [6.07, 6.45) is 2.35. The summed E-state index contributed by atoms with van der Waals surface area (Å²) >= 11 is 1.66. The van der Waals surface area contributed by atoms with Gasteiger partial charge in [0, 0.05) is 43.1 Å². The van der Waals surface area contributed by atoms with Crippen molar-refractivity contribution in [2.75, 3.05) is 40.5 Å². The van der Waals surface area contributed by atoms with Gasteiger partial charge in [-0.25, -0.2) is 4.98 Å². The average molecular weight is 514 g/mol. The van der Waals surface area contributed by atoms with Crippen LogP contribution in [0.15, 0.2) is 34.6 Å². The molecule has 0 bridgehead atoms. The van der Waals surface area contributed by atoms with E-state index in [1.165, 1.54) is 6.42 Å². The summed E-state index contributed by atoms with van der Waals surface area (Å²) in [6, 6.07) is 8.02. The lowest BCUT2D eigenvalue weighted by atomic mass is 9.87. The fraction of sp³-hybridized carbons (Fsp3) is 0.500. The van der Waals surface area contributed by atoms with Crippen LogP contribution in [0.3, 0.4) is 0 Å². The SMILES string of the molecule is CN=C(NCc1csc(-c2ccc(OC)cc2)n1)N1CCC2(CCOC2)C1.I. The van der Waals surface area contributed by atoms with Crippen LogP contribution < -0.4 is 10.1 Å². The van der Waals surface area contributed by atoms with E-state index in [4.69, 9.17) is 14.5 Å². The van der Waals surface area contributed by atoms with E-state index in [9.17, 15) is 0 Å². The lowest BCUT2D eigenvalue weighted by Gasteiger charge is -2.24. The van der Waals surface area contributed by atoms with Crippen molar-refractivity contribution in [3.63, 3.8) is 0 Å². The minimum Gasteiger partial charge on any atom is -0.497 e. The first-order valence-electron chi connectivity index (χ1n) is 9.34. The number of methoxy groups -OCH3 is 1. The van der Waals surface area contributed by atoms with Crippen molar-refractivity contribution >= 4 is 41.3 Å². The van der Waals surface area contributed by atoms with Crippen molar-refractivity contribution in [2.24, 2.45) is 10.4 Å². The summed E-state index contributed by atoms with van der Waals surface area (Å²) in [7, 11) is 3.53. The Bertz CT molecular complexity index is 803. The van der Waals surface area contributed by atoms with Gasteiger partial charge in [-0.15, -0.1) is 35.3 Å². The van der Waals surface area contributed by atoms with Crippen molar-refractivity contribution in [2.45, 2.75) is 19.4 Å². The van der Waals surface area contributed by atoms with Crippen LogP contribution in [0.1, 0.15) is 18.5 Å². The highest BCUT2D eigenvalue weighted by Crippen LogP contribution is 2.38. The average Bonchev–Trinajstić information content (AvgIpc) is 3.45. The standard InChI is InChI=1S/C20H26N4O2S.HI/c1-21-19(24-9-7-20(13-24)8-10-26-14-20)22-11-16-12-27-18(23-16)15-3-5-17(25-2)6-4-15;/h3-6,12H,7-11,13-14H2,1-2H3,(H,21,22);1H. The Morgan fingerprint density at radius 3 is 2.86 bits per heavy atom. The minimum atomic E-state index is 0. The van der Waals surface area contributed by atoms with Gasteiger partial charge in [-0.3, -0.25) is 4.99 Å². The number of benzene rings is 1. The Balaban J connectivity index is 0.00000225. The second-order valence-electron chi connectivity index (χ2n) is 7.25. The zero-order valence-corrected chi connectivity index (χ0v) is 19.5. The Morgan fingerprint density at radius 1 is 1.36 bits per heavy atom. The largest absolute Gasteiger partial charge is 0.497 e. The molecular formula is C20H27IN4O2S. The number of aliphatic imine (C=N–C) groups is 1. The molecule has 0 saturated carbocycles. The van der Waals surface area contributed by atoms with Gasteiger partial charge in [-0.05, 0) is 37.1 Å². The number of hydrogen-bond acceptors (Lipinski definition) is 5. The third-order valence-corrected chi connectivity index (χ3v) is 6.39. The van der Waals surface area contributed by atoms with E-state index >= 15 is 0 Å². The van der Waals surface area contributed by atoms with E-state index in [0.717, 1.165) is 60.7 Å². The number of hydrogen-bond donors (Lipinski definition) is 1. The van der Waals surface area contributed by atoms with Crippen LogP contribution in [0.25, 0.3) is 10.6 Å². The molecule has 2 aliphatic rings. The molecule has 1 unspecified atom stereocenters. The van der Waals surface area contributed by atoms with Crippen molar-refractivity contribution in [1.29, 1.82) is 0 Å². The second kappa shape index (κ2) is 9.41. The minimum absolute atomic E-state index is 0.